The zero-order chi connectivity index (χ0) is 15.1. The summed E-state index contributed by atoms with van der Waals surface area (Å²) in [5, 5.41) is 0. The van der Waals surface area contributed by atoms with Gasteiger partial charge in [-0.1, -0.05) is 0 Å². The molecule has 1 aliphatic rings. The van der Waals surface area contributed by atoms with E-state index in [-0.39, 0.29) is 30.1 Å². The van der Waals surface area contributed by atoms with Crippen LogP contribution in [0.15, 0.2) is 14.1 Å². The second kappa shape index (κ2) is 5.58. The number of halogens is 4. The summed E-state index contributed by atoms with van der Waals surface area (Å²) in [6.07, 6.45) is -4.58. The third-order valence-corrected chi connectivity index (χ3v) is 7.83. The third kappa shape index (κ3) is 3.20. The molecule has 3 nitrogen and oxygen atoms in total. The summed E-state index contributed by atoms with van der Waals surface area (Å²) in [6, 6.07) is 1.54. The molecule has 0 unspecified atom stereocenters. The van der Waals surface area contributed by atoms with Gasteiger partial charge in [0.1, 0.15) is 4.21 Å². The standard InChI is InChI=1S/C11H13BrF3NO2S2/c1-7-6-9(19-10(7)12)20(17,18)16-4-2-8(3-5-16)11(13,14)15/h6,8H,2-5H2,1H3. The first-order chi connectivity index (χ1) is 9.12. The third-order valence-electron chi connectivity index (χ3n) is 3.35. The zero-order valence-electron chi connectivity index (χ0n) is 10.6. The van der Waals surface area contributed by atoms with Crippen molar-refractivity contribution in [2.75, 3.05) is 13.1 Å². The van der Waals surface area contributed by atoms with E-state index in [1.165, 1.54) is 0 Å². The number of alkyl halides is 3. The first-order valence-corrected chi connectivity index (χ1v) is 9.00. The number of aryl methyl sites for hydroxylation is 1. The number of hydrogen-bond donors (Lipinski definition) is 0. The van der Waals surface area contributed by atoms with Crippen LogP contribution in [0.25, 0.3) is 0 Å². The lowest BCUT2D eigenvalue weighted by Crippen LogP contribution is -2.41. The lowest BCUT2D eigenvalue weighted by atomic mass is 9.98. The number of hydrogen-bond acceptors (Lipinski definition) is 3. The van der Waals surface area contributed by atoms with E-state index in [4.69, 9.17) is 0 Å². The largest absolute Gasteiger partial charge is 0.391 e. The van der Waals surface area contributed by atoms with E-state index in [1.54, 1.807) is 13.0 Å². The van der Waals surface area contributed by atoms with Gasteiger partial charge >= 0.3 is 6.18 Å². The van der Waals surface area contributed by atoms with Crippen LogP contribution in [0.4, 0.5) is 13.2 Å². The van der Waals surface area contributed by atoms with Crippen molar-refractivity contribution in [1.82, 2.24) is 4.31 Å². The van der Waals surface area contributed by atoms with Gasteiger partial charge in [0.2, 0.25) is 0 Å². The lowest BCUT2D eigenvalue weighted by molar-refractivity contribution is -0.182. The average Bonchev–Trinajstić information content (AvgIpc) is 2.69. The molecule has 0 bridgehead atoms. The minimum atomic E-state index is -4.24. The number of nitrogens with zero attached hydrogens (tertiary/aromatic N) is 1. The molecule has 1 fully saturated rings. The highest BCUT2D eigenvalue weighted by Gasteiger charge is 2.43. The van der Waals surface area contributed by atoms with E-state index in [2.05, 4.69) is 15.9 Å². The summed E-state index contributed by atoms with van der Waals surface area (Å²) in [5.74, 6) is -1.40. The molecule has 2 rings (SSSR count). The Hall–Kier alpha value is -0.120. The molecule has 1 aromatic heterocycles. The van der Waals surface area contributed by atoms with Crippen LogP contribution in [0.1, 0.15) is 18.4 Å². The quantitative estimate of drug-likeness (QED) is 0.768. The summed E-state index contributed by atoms with van der Waals surface area (Å²) in [7, 11) is -3.68. The van der Waals surface area contributed by atoms with Gasteiger partial charge in [-0.15, -0.1) is 11.3 Å². The van der Waals surface area contributed by atoms with Crippen molar-refractivity contribution >= 4 is 37.3 Å². The molecule has 9 heteroatoms. The molecular formula is C11H13BrF3NO2S2. The number of piperidine rings is 1. The molecule has 0 N–H and O–H groups in total. The number of sulfonamides is 1. The van der Waals surface area contributed by atoms with Gasteiger partial charge in [-0.25, -0.2) is 8.42 Å². The van der Waals surface area contributed by atoms with Crippen LogP contribution in [-0.4, -0.2) is 32.0 Å². The van der Waals surface area contributed by atoms with Crippen molar-refractivity contribution in [3.63, 3.8) is 0 Å². The predicted octanol–water partition coefficient (Wildman–Crippen LogP) is 3.78. The van der Waals surface area contributed by atoms with Crippen LogP contribution in [0, 0.1) is 12.8 Å². The summed E-state index contributed by atoms with van der Waals surface area (Å²) in [6.45, 7) is 1.61. The Bertz CT molecular complexity index is 570. The Labute approximate surface area is 128 Å². The number of rotatable bonds is 2. The van der Waals surface area contributed by atoms with Crippen LogP contribution in [0.5, 0.6) is 0 Å². The minimum Gasteiger partial charge on any atom is -0.206 e. The van der Waals surface area contributed by atoms with Crippen LogP contribution in [0.3, 0.4) is 0 Å². The maximum Gasteiger partial charge on any atom is 0.391 e. The first kappa shape index (κ1) is 16.3. The molecule has 0 aliphatic carbocycles. The smallest absolute Gasteiger partial charge is 0.206 e. The van der Waals surface area contributed by atoms with Crippen LogP contribution < -0.4 is 0 Å². The molecule has 0 aromatic carbocycles. The number of thiophene rings is 1. The van der Waals surface area contributed by atoms with E-state index in [1.807, 2.05) is 0 Å². The molecule has 20 heavy (non-hydrogen) atoms. The Morgan fingerprint density at radius 1 is 1.35 bits per heavy atom. The molecule has 1 aliphatic heterocycles. The zero-order valence-corrected chi connectivity index (χ0v) is 13.8. The molecule has 0 radical (unpaired) electrons. The van der Waals surface area contributed by atoms with Crippen LogP contribution >= 0.6 is 27.3 Å². The van der Waals surface area contributed by atoms with Crippen molar-refractivity contribution in [1.29, 1.82) is 0 Å². The fourth-order valence-electron chi connectivity index (χ4n) is 2.11. The first-order valence-electron chi connectivity index (χ1n) is 5.95. The summed E-state index contributed by atoms with van der Waals surface area (Å²) < 4.78 is 64.4. The van der Waals surface area contributed by atoms with Crippen molar-refractivity contribution in [3.05, 3.63) is 15.4 Å². The Morgan fingerprint density at radius 3 is 2.30 bits per heavy atom. The van der Waals surface area contributed by atoms with Crippen molar-refractivity contribution in [3.8, 4) is 0 Å². The molecule has 1 saturated heterocycles. The highest BCUT2D eigenvalue weighted by atomic mass is 79.9. The molecule has 1 aromatic rings. The van der Waals surface area contributed by atoms with Crippen LogP contribution in [-0.2, 0) is 10.0 Å². The predicted molar refractivity (Wildman–Crippen MR) is 74.3 cm³/mol. The van der Waals surface area contributed by atoms with Gasteiger partial charge < -0.3 is 0 Å². The van der Waals surface area contributed by atoms with Gasteiger partial charge in [-0.05, 0) is 47.3 Å². The van der Waals surface area contributed by atoms with E-state index in [0.717, 1.165) is 25.0 Å². The Morgan fingerprint density at radius 2 is 1.90 bits per heavy atom. The van der Waals surface area contributed by atoms with E-state index < -0.39 is 22.1 Å². The van der Waals surface area contributed by atoms with Gasteiger partial charge in [0.15, 0.2) is 0 Å². The minimum absolute atomic E-state index is 0.0823. The van der Waals surface area contributed by atoms with E-state index in [9.17, 15) is 21.6 Å². The normalized spacial score (nSPS) is 19.4. The van der Waals surface area contributed by atoms with E-state index in [0.29, 0.717) is 0 Å². The average molecular weight is 392 g/mol. The van der Waals surface area contributed by atoms with Gasteiger partial charge in [0, 0.05) is 13.1 Å². The Balaban J connectivity index is 2.13. The van der Waals surface area contributed by atoms with Gasteiger partial charge in [0.05, 0.1) is 9.70 Å². The molecule has 114 valence electrons. The second-order valence-electron chi connectivity index (χ2n) is 4.74. The fraction of sp³-hybridized carbons (Fsp3) is 0.636. The summed E-state index contributed by atoms with van der Waals surface area (Å²) >= 11 is 4.34. The second-order valence-corrected chi connectivity index (χ2v) is 9.28. The topological polar surface area (TPSA) is 37.4 Å². The van der Waals surface area contributed by atoms with E-state index >= 15 is 0 Å². The van der Waals surface area contributed by atoms with Crippen LogP contribution in [0.2, 0.25) is 0 Å². The maximum absolute atomic E-state index is 12.6. The molecule has 2 heterocycles. The van der Waals surface area contributed by atoms with Gasteiger partial charge in [-0.3, -0.25) is 0 Å². The summed E-state index contributed by atoms with van der Waals surface area (Å²) in [4.78, 5) is 0. The molecule has 0 spiro atoms. The summed E-state index contributed by atoms with van der Waals surface area (Å²) in [5.41, 5.74) is 0.804. The maximum atomic E-state index is 12.6. The van der Waals surface area contributed by atoms with Crippen molar-refractivity contribution in [2.45, 2.75) is 30.2 Å². The van der Waals surface area contributed by atoms with Crippen molar-refractivity contribution < 1.29 is 21.6 Å². The SMILES string of the molecule is Cc1cc(S(=O)(=O)N2CCC(C(F)(F)F)CC2)sc1Br. The fourth-order valence-corrected chi connectivity index (χ4v) is 5.96. The van der Waals surface area contributed by atoms with Gasteiger partial charge in [0.25, 0.3) is 10.0 Å². The molecule has 0 saturated carbocycles. The Kier molecular flexibility index (Phi) is 4.54. The van der Waals surface area contributed by atoms with Gasteiger partial charge in [-0.2, -0.15) is 17.5 Å². The molecule has 0 amide bonds. The molecule has 0 atom stereocenters. The lowest BCUT2D eigenvalue weighted by Gasteiger charge is -2.31. The molecular weight excluding hydrogens is 379 g/mol. The highest BCUT2D eigenvalue weighted by molar-refractivity contribution is 9.11. The monoisotopic (exact) mass is 391 g/mol. The highest BCUT2D eigenvalue weighted by Crippen LogP contribution is 2.37. The van der Waals surface area contributed by atoms with Crippen molar-refractivity contribution in [2.24, 2.45) is 5.92 Å².